The Morgan fingerprint density at radius 3 is 1.76 bits per heavy atom. The Morgan fingerprint density at radius 2 is 1.24 bits per heavy atom. The zero-order valence-electron chi connectivity index (χ0n) is 21.9. The lowest BCUT2D eigenvalue weighted by atomic mass is 10.1. The summed E-state index contributed by atoms with van der Waals surface area (Å²) < 4.78 is 0. The quantitative estimate of drug-likeness (QED) is 0.236. The Labute approximate surface area is 218 Å². The molecule has 0 bridgehead atoms. The number of carbonyl (C=O) groups is 1. The Hall–Kier alpha value is -4.46. The smallest absolute Gasteiger partial charge is 0.242 e. The molecule has 1 atom stereocenters. The predicted octanol–water partition coefficient (Wildman–Crippen LogP) is 5.71. The Balaban J connectivity index is 1.56. The van der Waals surface area contributed by atoms with Crippen molar-refractivity contribution in [2.75, 3.05) is 16.0 Å². The maximum atomic E-state index is 12.7. The van der Waals surface area contributed by atoms with Crippen LogP contribution in [0.15, 0.2) is 66.7 Å². The van der Waals surface area contributed by atoms with Gasteiger partial charge in [-0.15, -0.1) is 0 Å². The number of nitrogens with zero attached hydrogens (tertiary/aromatic N) is 3. The van der Waals surface area contributed by atoms with Crippen LogP contribution in [0, 0.1) is 27.7 Å². The van der Waals surface area contributed by atoms with E-state index < -0.39 is 6.04 Å². The van der Waals surface area contributed by atoms with Crippen LogP contribution in [0.1, 0.15) is 34.7 Å². The summed E-state index contributed by atoms with van der Waals surface area (Å²) in [6.07, 6.45) is 0. The molecule has 0 unspecified atom stereocenters. The highest BCUT2D eigenvalue weighted by atomic mass is 16.2. The fraction of sp³-hybridized carbons (Fsp3) is 0.241. The molecule has 4 aromatic rings. The molecule has 190 valence electrons. The van der Waals surface area contributed by atoms with Gasteiger partial charge in [-0.05, 0) is 63.4 Å². The van der Waals surface area contributed by atoms with Gasteiger partial charge in [0.15, 0.2) is 0 Å². The summed E-state index contributed by atoms with van der Waals surface area (Å²) in [6, 6.07) is 21.5. The standard InChI is InChI=1S/C29H33N7O/c1-18-11-13-24(20(3)15-18)32-28-34-27(31-22(5)26(37)30-17-23-9-7-6-8-10-23)35-29(36-28)33-25-14-12-19(2)16-21(25)4/h6-16,22H,17H2,1-5H3,(H,30,37)(H3,31,32,33,34,35,36)/t22-/m1/s1. The van der Waals surface area contributed by atoms with Gasteiger partial charge in [0.25, 0.3) is 0 Å². The van der Waals surface area contributed by atoms with Crippen LogP contribution in [0.4, 0.5) is 29.2 Å². The number of hydrogen-bond donors (Lipinski definition) is 4. The number of aromatic nitrogens is 3. The van der Waals surface area contributed by atoms with Crippen molar-refractivity contribution in [3.05, 3.63) is 94.5 Å². The van der Waals surface area contributed by atoms with Crippen LogP contribution in [-0.2, 0) is 11.3 Å². The number of benzene rings is 3. The molecule has 4 rings (SSSR count). The number of rotatable bonds is 9. The molecule has 0 fully saturated rings. The van der Waals surface area contributed by atoms with Gasteiger partial charge in [-0.1, -0.05) is 65.7 Å². The minimum absolute atomic E-state index is 0.156. The lowest BCUT2D eigenvalue weighted by Crippen LogP contribution is -2.37. The van der Waals surface area contributed by atoms with E-state index in [-0.39, 0.29) is 11.9 Å². The highest BCUT2D eigenvalue weighted by Crippen LogP contribution is 2.24. The van der Waals surface area contributed by atoms with Crippen molar-refractivity contribution in [2.45, 2.75) is 47.2 Å². The molecule has 0 radical (unpaired) electrons. The summed E-state index contributed by atoms with van der Waals surface area (Å²) in [5, 5.41) is 12.7. The van der Waals surface area contributed by atoms with Crippen LogP contribution in [0.2, 0.25) is 0 Å². The number of anilines is 5. The third-order valence-corrected chi connectivity index (χ3v) is 5.94. The van der Waals surface area contributed by atoms with E-state index in [1.807, 2.05) is 68.4 Å². The van der Waals surface area contributed by atoms with Gasteiger partial charge < -0.3 is 21.3 Å². The lowest BCUT2D eigenvalue weighted by Gasteiger charge is -2.17. The average molecular weight is 496 g/mol. The first-order valence-electron chi connectivity index (χ1n) is 12.3. The van der Waals surface area contributed by atoms with Crippen molar-refractivity contribution in [1.82, 2.24) is 20.3 Å². The van der Waals surface area contributed by atoms with Crippen LogP contribution in [0.25, 0.3) is 0 Å². The molecule has 1 amide bonds. The number of hydrogen-bond acceptors (Lipinski definition) is 7. The van der Waals surface area contributed by atoms with E-state index in [2.05, 4.69) is 62.2 Å². The predicted molar refractivity (Wildman–Crippen MR) is 150 cm³/mol. The van der Waals surface area contributed by atoms with Gasteiger partial charge in [0.05, 0.1) is 0 Å². The molecular formula is C29H33N7O. The van der Waals surface area contributed by atoms with Crippen molar-refractivity contribution in [2.24, 2.45) is 0 Å². The average Bonchev–Trinajstić information content (AvgIpc) is 2.86. The molecule has 8 nitrogen and oxygen atoms in total. The van der Waals surface area contributed by atoms with E-state index in [0.717, 1.165) is 28.1 Å². The van der Waals surface area contributed by atoms with Gasteiger partial charge in [-0.25, -0.2) is 0 Å². The maximum absolute atomic E-state index is 12.7. The normalized spacial score (nSPS) is 11.5. The summed E-state index contributed by atoms with van der Waals surface area (Å²) in [6.45, 7) is 10.4. The van der Waals surface area contributed by atoms with Gasteiger partial charge in [0.2, 0.25) is 23.8 Å². The van der Waals surface area contributed by atoms with E-state index in [0.29, 0.717) is 18.4 Å². The largest absolute Gasteiger partial charge is 0.350 e. The molecule has 0 spiro atoms. The van der Waals surface area contributed by atoms with Crippen molar-refractivity contribution < 1.29 is 4.79 Å². The van der Waals surface area contributed by atoms with Crippen LogP contribution >= 0.6 is 0 Å². The zero-order chi connectivity index (χ0) is 26.4. The minimum Gasteiger partial charge on any atom is -0.350 e. The third kappa shape index (κ3) is 7.04. The topological polar surface area (TPSA) is 104 Å². The Morgan fingerprint density at radius 1 is 0.730 bits per heavy atom. The van der Waals surface area contributed by atoms with Crippen LogP contribution in [0.3, 0.4) is 0 Å². The molecule has 1 aromatic heterocycles. The van der Waals surface area contributed by atoms with Crippen LogP contribution < -0.4 is 21.3 Å². The van der Waals surface area contributed by atoms with Crippen molar-refractivity contribution in [3.8, 4) is 0 Å². The first kappa shape index (κ1) is 25.6. The second kappa shape index (κ2) is 11.5. The first-order valence-corrected chi connectivity index (χ1v) is 12.3. The summed E-state index contributed by atoms with van der Waals surface area (Å²) in [7, 11) is 0. The van der Waals surface area contributed by atoms with Crippen molar-refractivity contribution in [1.29, 1.82) is 0 Å². The van der Waals surface area contributed by atoms with E-state index in [1.54, 1.807) is 6.92 Å². The van der Waals surface area contributed by atoms with E-state index in [1.165, 1.54) is 11.1 Å². The molecule has 1 heterocycles. The summed E-state index contributed by atoms with van der Waals surface area (Å²) in [4.78, 5) is 26.4. The molecule has 8 heteroatoms. The number of amides is 1. The van der Waals surface area contributed by atoms with Crippen LogP contribution in [-0.4, -0.2) is 26.9 Å². The van der Waals surface area contributed by atoms with E-state index in [9.17, 15) is 4.79 Å². The van der Waals surface area contributed by atoms with E-state index in [4.69, 9.17) is 0 Å². The van der Waals surface area contributed by atoms with Crippen molar-refractivity contribution >= 4 is 35.1 Å². The Bertz CT molecular complexity index is 1320. The lowest BCUT2D eigenvalue weighted by molar-refractivity contribution is -0.121. The number of aryl methyl sites for hydroxylation is 4. The Kier molecular flexibility index (Phi) is 7.98. The van der Waals surface area contributed by atoms with Gasteiger partial charge >= 0.3 is 0 Å². The van der Waals surface area contributed by atoms with Gasteiger partial charge in [0, 0.05) is 17.9 Å². The fourth-order valence-corrected chi connectivity index (χ4v) is 3.90. The molecule has 3 aromatic carbocycles. The third-order valence-electron chi connectivity index (χ3n) is 5.94. The molecule has 0 aliphatic rings. The highest BCUT2D eigenvalue weighted by Gasteiger charge is 2.16. The van der Waals surface area contributed by atoms with Crippen molar-refractivity contribution in [3.63, 3.8) is 0 Å². The maximum Gasteiger partial charge on any atom is 0.242 e. The summed E-state index contributed by atoms with van der Waals surface area (Å²) in [5.41, 5.74) is 7.33. The monoisotopic (exact) mass is 495 g/mol. The minimum atomic E-state index is -0.561. The number of nitrogens with one attached hydrogen (secondary N) is 4. The second-order valence-corrected chi connectivity index (χ2v) is 9.26. The zero-order valence-corrected chi connectivity index (χ0v) is 21.9. The van der Waals surface area contributed by atoms with Crippen LogP contribution in [0.5, 0.6) is 0 Å². The fourth-order valence-electron chi connectivity index (χ4n) is 3.90. The molecule has 0 saturated heterocycles. The molecule has 0 aliphatic heterocycles. The molecule has 0 saturated carbocycles. The molecule has 0 aliphatic carbocycles. The second-order valence-electron chi connectivity index (χ2n) is 9.26. The highest BCUT2D eigenvalue weighted by molar-refractivity contribution is 5.83. The van der Waals surface area contributed by atoms with Gasteiger partial charge in [-0.2, -0.15) is 15.0 Å². The summed E-state index contributed by atoms with van der Waals surface area (Å²) >= 11 is 0. The molecule has 4 N–H and O–H groups in total. The first-order chi connectivity index (χ1) is 17.8. The molecule has 37 heavy (non-hydrogen) atoms. The SMILES string of the molecule is Cc1ccc(Nc2nc(Nc3ccc(C)cc3C)nc(N[C@H](C)C(=O)NCc3ccccc3)n2)c(C)c1. The summed E-state index contributed by atoms with van der Waals surface area (Å²) in [5.74, 6) is 0.871. The van der Waals surface area contributed by atoms with E-state index >= 15 is 0 Å². The number of carbonyl (C=O) groups excluding carboxylic acids is 1. The van der Waals surface area contributed by atoms with Gasteiger partial charge in [0.1, 0.15) is 6.04 Å². The van der Waals surface area contributed by atoms with Gasteiger partial charge in [-0.3, -0.25) is 4.79 Å². The molecular weight excluding hydrogens is 462 g/mol.